The summed E-state index contributed by atoms with van der Waals surface area (Å²) in [6, 6.07) is 5.29. The predicted octanol–water partition coefficient (Wildman–Crippen LogP) is 2.81. The largest absolute Gasteiger partial charge is 0.339 e. The van der Waals surface area contributed by atoms with Gasteiger partial charge in [-0.25, -0.2) is 0 Å². The second-order valence-corrected chi connectivity index (χ2v) is 5.18. The van der Waals surface area contributed by atoms with Crippen molar-refractivity contribution in [2.45, 2.75) is 6.42 Å². The van der Waals surface area contributed by atoms with Gasteiger partial charge in [0.15, 0.2) is 0 Å². The molecule has 0 atom stereocenters. The van der Waals surface area contributed by atoms with Crippen LogP contribution in [0.5, 0.6) is 0 Å². The topological polar surface area (TPSA) is 51.0 Å². The Balaban J connectivity index is 1.80. The molecule has 1 aliphatic heterocycles. The molecule has 2 heterocycles. The smallest absolute Gasteiger partial charge is 0.227 e. The average Bonchev–Trinajstić information content (AvgIpc) is 2.76. The van der Waals surface area contributed by atoms with Crippen molar-refractivity contribution >= 4 is 23.2 Å². The lowest BCUT2D eigenvalue weighted by molar-refractivity contribution is 0.296. The van der Waals surface area contributed by atoms with Crippen LogP contribution >= 0.6 is 23.2 Å². The normalized spacial score (nSPS) is 15.7. The summed E-state index contributed by atoms with van der Waals surface area (Å²) in [7, 11) is 0. The molecule has 1 aliphatic rings. The van der Waals surface area contributed by atoms with Crippen molar-refractivity contribution in [1.82, 2.24) is 15.5 Å². The van der Waals surface area contributed by atoms with E-state index in [4.69, 9.17) is 27.7 Å². The molecule has 0 aliphatic carbocycles. The summed E-state index contributed by atoms with van der Waals surface area (Å²) < 4.78 is 5.23. The van der Waals surface area contributed by atoms with Crippen molar-refractivity contribution in [3.05, 3.63) is 34.1 Å². The van der Waals surface area contributed by atoms with Gasteiger partial charge in [0.05, 0.1) is 10.0 Å². The van der Waals surface area contributed by atoms with Crippen LogP contribution in [0.2, 0.25) is 10.0 Å². The lowest BCUT2D eigenvalue weighted by atomic mass is 10.00. The van der Waals surface area contributed by atoms with Crippen LogP contribution in [0.1, 0.15) is 5.89 Å². The van der Waals surface area contributed by atoms with Crippen LogP contribution in [0.25, 0.3) is 11.4 Å². The predicted molar refractivity (Wildman–Crippen MR) is 69.8 cm³/mol. The molecular formula is C12H11Cl2N3O. The summed E-state index contributed by atoms with van der Waals surface area (Å²) in [5.41, 5.74) is 0.811. The Morgan fingerprint density at radius 2 is 2.11 bits per heavy atom. The molecule has 0 radical (unpaired) electrons. The second-order valence-electron chi connectivity index (χ2n) is 4.37. The van der Waals surface area contributed by atoms with Crippen molar-refractivity contribution in [3.63, 3.8) is 0 Å². The summed E-state index contributed by atoms with van der Waals surface area (Å²) in [6.45, 7) is 2.04. The molecule has 0 unspecified atom stereocenters. The third-order valence-corrected chi connectivity index (χ3v) is 3.71. The molecule has 2 aromatic rings. The van der Waals surface area contributed by atoms with Gasteiger partial charge in [-0.1, -0.05) is 28.4 Å². The molecule has 94 valence electrons. The molecule has 1 aromatic heterocycles. The lowest BCUT2D eigenvalue weighted by Gasteiger charge is -2.25. The number of nitrogens with one attached hydrogen (secondary N) is 1. The second kappa shape index (κ2) is 4.88. The van der Waals surface area contributed by atoms with Crippen LogP contribution in [0.15, 0.2) is 22.7 Å². The quantitative estimate of drug-likeness (QED) is 0.941. The summed E-state index contributed by atoms with van der Waals surface area (Å²) in [4.78, 5) is 4.37. The van der Waals surface area contributed by atoms with Crippen LogP contribution in [0, 0.1) is 5.92 Å². The molecule has 1 N–H and O–H groups in total. The first-order valence-corrected chi connectivity index (χ1v) is 6.46. The van der Waals surface area contributed by atoms with Gasteiger partial charge in [-0.15, -0.1) is 0 Å². The molecule has 3 rings (SSSR count). The minimum Gasteiger partial charge on any atom is -0.339 e. The van der Waals surface area contributed by atoms with Crippen LogP contribution in [-0.4, -0.2) is 23.2 Å². The summed E-state index contributed by atoms with van der Waals surface area (Å²) in [5, 5.41) is 8.18. The van der Waals surface area contributed by atoms with Gasteiger partial charge in [-0.05, 0) is 37.2 Å². The van der Waals surface area contributed by atoms with Gasteiger partial charge in [0.25, 0.3) is 0 Å². The molecule has 1 saturated heterocycles. The van der Waals surface area contributed by atoms with Crippen LogP contribution in [-0.2, 0) is 6.42 Å². The first-order valence-electron chi connectivity index (χ1n) is 5.71. The number of halogens is 2. The zero-order valence-electron chi connectivity index (χ0n) is 9.49. The zero-order chi connectivity index (χ0) is 12.5. The van der Waals surface area contributed by atoms with Crippen LogP contribution < -0.4 is 5.32 Å². The molecule has 0 saturated carbocycles. The van der Waals surface area contributed by atoms with E-state index >= 15 is 0 Å². The minimum absolute atomic E-state index is 0.490. The Hall–Kier alpha value is -1.10. The fourth-order valence-electron chi connectivity index (χ4n) is 1.83. The summed E-state index contributed by atoms with van der Waals surface area (Å²) in [6.07, 6.45) is 0.821. The van der Waals surface area contributed by atoms with Crippen LogP contribution in [0.3, 0.4) is 0 Å². The van der Waals surface area contributed by atoms with Crippen molar-refractivity contribution in [2.75, 3.05) is 13.1 Å². The van der Waals surface area contributed by atoms with Gasteiger partial charge >= 0.3 is 0 Å². The average molecular weight is 284 g/mol. The number of hydrogen-bond acceptors (Lipinski definition) is 4. The van der Waals surface area contributed by atoms with Gasteiger partial charge in [0, 0.05) is 12.0 Å². The van der Waals surface area contributed by atoms with Crippen molar-refractivity contribution < 1.29 is 4.52 Å². The molecule has 18 heavy (non-hydrogen) atoms. The minimum atomic E-state index is 0.490. The number of aromatic nitrogens is 2. The van der Waals surface area contributed by atoms with E-state index in [9.17, 15) is 0 Å². The maximum Gasteiger partial charge on any atom is 0.227 e. The van der Waals surface area contributed by atoms with Gasteiger partial charge in [-0.2, -0.15) is 4.98 Å². The number of hydrogen-bond donors (Lipinski definition) is 1. The highest BCUT2D eigenvalue weighted by Gasteiger charge is 2.20. The van der Waals surface area contributed by atoms with Gasteiger partial charge in [0.2, 0.25) is 11.7 Å². The number of rotatable bonds is 3. The fraction of sp³-hybridized carbons (Fsp3) is 0.333. The van der Waals surface area contributed by atoms with E-state index in [0.717, 1.165) is 25.1 Å². The molecule has 4 nitrogen and oxygen atoms in total. The first kappa shape index (κ1) is 12.0. The Labute approximate surface area is 114 Å². The fourth-order valence-corrected chi connectivity index (χ4v) is 2.13. The van der Waals surface area contributed by atoms with E-state index < -0.39 is 0 Å². The highest BCUT2D eigenvalue weighted by atomic mass is 35.5. The van der Waals surface area contributed by atoms with E-state index in [2.05, 4.69) is 15.5 Å². The zero-order valence-corrected chi connectivity index (χ0v) is 11.0. The number of benzene rings is 1. The van der Waals surface area contributed by atoms with E-state index in [-0.39, 0.29) is 0 Å². The van der Waals surface area contributed by atoms with Crippen molar-refractivity contribution in [1.29, 1.82) is 0 Å². The van der Waals surface area contributed by atoms with Crippen molar-refractivity contribution in [3.8, 4) is 11.4 Å². The molecular weight excluding hydrogens is 273 g/mol. The maximum atomic E-state index is 5.96. The highest BCUT2D eigenvalue weighted by Crippen LogP contribution is 2.27. The Morgan fingerprint density at radius 1 is 1.28 bits per heavy atom. The molecule has 6 heteroatoms. The van der Waals surface area contributed by atoms with E-state index in [1.807, 2.05) is 6.07 Å². The highest BCUT2D eigenvalue weighted by molar-refractivity contribution is 6.42. The third-order valence-electron chi connectivity index (χ3n) is 2.98. The van der Waals surface area contributed by atoms with Crippen molar-refractivity contribution in [2.24, 2.45) is 5.92 Å². The Morgan fingerprint density at radius 3 is 2.78 bits per heavy atom. The Bertz CT molecular complexity index is 566. The van der Waals surface area contributed by atoms with Gasteiger partial charge in [0.1, 0.15) is 0 Å². The maximum absolute atomic E-state index is 5.96. The van der Waals surface area contributed by atoms with Gasteiger partial charge in [-0.3, -0.25) is 0 Å². The molecule has 1 aromatic carbocycles. The van der Waals surface area contributed by atoms with E-state index in [1.165, 1.54) is 0 Å². The molecule has 0 bridgehead atoms. The molecule has 0 spiro atoms. The monoisotopic (exact) mass is 283 g/mol. The van der Waals surface area contributed by atoms with E-state index in [0.29, 0.717) is 27.7 Å². The summed E-state index contributed by atoms with van der Waals surface area (Å²) >= 11 is 11.8. The first-order chi connectivity index (χ1) is 8.72. The molecule has 0 amide bonds. The molecule has 1 fully saturated rings. The van der Waals surface area contributed by atoms with E-state index in [1.54, 1.807) is 12.1 Å². The van der Waals surface area contributed by atoms with Crippen LogP contribution in [0.4, 0.5) is 0 Å². The standard InChI is InChI=1S/C12H11Cl2N3O/c13-9-2-1-8(4-10(9)14)12-16-11(18-17-12)3-7-5-15-6-7/h1-2,4,7,15H,3,5-6H2. The SMILES string of the molecule is Clc1ccc(-c2noc(CC3CNC3)n2)cc1Cl. The Kier molecular flexibility index (Phi) is 3.24. The number of nitrogens with zero attached hydrogens (tertiary/aromatic N) is 2. The third kappa shape index (κ3) is 2.36. The lowest BCUT2D eigenvalue weighted by Crippen LogP contribution is -2.43. The summed E-state index contributed by atoms with van der Waals surface area (Å²) in [5.74, 6) is 1.82. The van der Waals surface area contributed by atoms with Gasteiger partial charge < -0.3 is 9.84 Å².